The van der Waals surface area contributed by atoms with Crippen molar-refractivity contribution < 1.29 is 13.9 Å². The molecule has 124 valence electrons. The lowest BCUT2D eigenvalue weighted by atomic mass is 10.2. The Kier molecular flexibility index (Phi) is 5.86. The molecule has 0 saturated carbocycles. The maximum atomic E-state index is 13.7. The summed E-state index contributed by atoms with van der Waals surface area (Å²) in [7, 11) is 1.67. The normalized spacial score (nSPS) is 10.4. The molecule has 0 saturated heterocycles. The van der Waals surface area contributed by atoms with E-state index in [0.717, 1.165) is 10.0 Å². The van der Waals surface area contributed by atoms with Crippen LogP contribution in [0.15, 0.2) is 18.2 Å². The fourth-order valence-corrected chi connectivity index (χ4v) is 2.68. The Morgan fingerprint density at radius 2 is 2.22 bits per heavy atom. The average Bonchev–Trinajstić information content (AvgIpc) is 2.92. The van der Waals surface area contributed by atoms with Gasteiger partial charge in [0.15, 0.2) is 11.6 Å². The molecule has 0 radical (unpaired) electrons. The molecule has 2 rings (SSSR count). The SMILES string of the molecule is CCOc1ccc(CNC(=O)N(C)Cc2nnc(C)s2)cc1F. The van der Waals surface area contributed by atoms with Gasteiger partial charge >= 0.3 is 6.03 Å². The van der Waals surface area contributed by atoms with Gasteiger partial charge in [-0.05, 0) is 31.5 Å². The van der Waals surface area contributed by atoms with Gasteiger partial charge in [-0.25, -0.2) is 9.18 Å². The van der Waals surface area contributed by atoms with Crippen molar-refractivity contribution >= 4 is 17.4 Å². The van der Waals surface area contributed by atoms with Crippen molar-refractivity contribution in [3.8, 4) is 5.75 Å². The Labute approximate surface area is 138 Å². The van der Waals surface area contributed by atoms with Gasteiger partial charge in [0.05, 0.1) is 13.2 Å². The lowest BCUT2D eigenvalue weighted by Crippen LogP contribution is -2.36. The van der Waals surface area contributed by atoms with Gasteiger partial charge in [0.2, 0.25) is 0 Å². The maximum absolute atomic E-state index is 13.7. The second kappa shape index (κ2) is 7.87. The molecule has 0 bridgehead atoms. The third-order valence-electron chi connectivity index (χ3n) is 3.03. The van der Waals surface area contributed by atoms with Crippen molar-refractivity contribution in [1.82, 2.24) is 20.4 Å². The largest absolute Gasteiger partial charge is 0.491 e. The summed E-state index contributed by atoms with van der Waals surface area (Å²) in [5.74, 6) is -0.220. The Balaban J connectivity index is 1.87. The smallest absolute Gasteiger partial charge is 0.317 e. The van der Waals surface area contributed by atoms with E-state index in [9.17, 15) is 9.18 Å². The number of rotatable bonds is 6. The zero-order chi connectivity index (χ0) is 16.8. The number of halogens is 1. The molecule has 1 aromatic heterocycles. The number of amides is 2. The van der Waals surface area contributed by atoms with Gasteiger partial charge in [-0.2, -0.15) is 0 Å². The Morgan fingerprint density at radius 1 is 1.43 bits per heavy atom. The van der Waals surface area contributed by atoms with Crippen LogP contribution in [0.25, 0.3) is 0 Å². The van der Waals surface area contributed by atoms with E-state index in [4.69, 9.17) is 4.74 Å². The Morgan fingerprint density at radius 3 is 2.83 bits per heavy atom. The zero-order valence-electron chi connectivity index (χ0n) is 13.3. The molecule has 8 heteroatoms. The topological polar surface area (TPSA) is 67.3 Å². The number of carbonyl (C=O) groups is 1. The number of nitrogens with one attached hydrogen (secondary N) is 1. The van der Waals surface area contributed by atoms with Gasteiger partial charge in [-0.3, -0.25) is 0 Å². The van der Waals surface area contributed by atoms with Gasteiger partial charge in [-0.1, -0.05) is 17.4 Å². The predicted octanol–water partition coefficient (Wildman–Crippen LogP) is 2.73. The highest BCUT2D eigenvalue weighted by molar-refractivity contribution is 7.11. The van der Waals surface area contributed by atoms with Crippen LogP contribution in [0.2, 0.25) is 0 Å². The van der Waals surface area contributed by atoms with Gasteiger partial charge in [0.1, 0.15) is 10.0 Å². The van der Waals surface area contributed by atoms with Crippen molar-refractivity contribution in [3.63, 3.8) is 0 Å². The quantitative estimate of drug-likeness (QED) is 0.879. The van der Waals surface area contributed by atoms with E-state index in [2.05, 4.69) is 15.5 Å². The van der Waals surface area contributed by atoms with E-state index in [0.29, 0.717) is 18.7 Å². The number of carbonyl (C=O) groups excluding carboxylic acids is 1. The molecule has 0 unspecified atom stereocenters. The third-order valence-corrected chi connectivity index (χ3v) is 3.85. The van der Waals surface area contributed by atoms with Crippen LogP contribution >= 0.6 is 11.3 Å². The second-order valence-corrected chi connectivity index (χ2v) is 6.19. The first-order valence-corrected chi connectivity index (χ1v) is 8.00. The van der Waals surface area contributed by atoms with E-state index in [1.807, 2.05) is 6.92 Å². The van der Waals surface area contributed by atoms with Crippen LogP contribution in [0.4, 0.5) is 9.18 Å². The molecule has 6 nitrogen and oxygen atoms in total. The molecule has 0 aliphatic rings. The molecule has 0 spiro atoms. The van der Waals surface area contributed by atoms with Gasteiger partial charge in [0.25, 0.3) is 0 Å². The van der Waals surface area contributed by atoms with Crippen molar-refractivity contribution in [1.29, 1.82) is 0 Å². The summed E-state index contributed by atoms with van der Waals surface area (Å²) in [6, 6.07) is 4.39. The highest BCUT2D eigenvalue weighted by Gasteiger charge is 2.12. The molecule has 0 aliphatic heterocycles. The van der Waals surface area contributed by atoms with Gasteiger partial charge in [-0.15, -0.1) is 10.2 Å². The summed E-state index contributed by atoms with van der Waals surface area (Å²) in [6.07, 6.45) is 0. The molecule has 1 heterocycles. The van der Waals surface area contributed by atoms with Crippen molar-refractivity contribution in [2.24, 2.45) is 0 Å². The van der Waals surface area contributed by atoms with Gasteiger partial charge < -0.3 is 15.0 Å². The number of aryl methyl sites for hydroxylation is 1. The number of benzene rings is 1. The molecule has 0 atom stereocenters. The third kappa shape index (κ3) is 4.88. The highest BCUT2D eigenvalue weighted by atomic mass is 32.1. The molecule has 23 heavy (non-hydrogen) atoms. The molecule has 0 fully saturated rings. The van der Waals surface area contributed by atoms with Crippen molar-refractivity contribution in [2.45, 2.75) is 26.9 Å². The van der Waals surface area contributed by atoms with Crippen LogP contribution in [-0.2, 0) is 13.1 Å². The highest BCUT2D eigenvalue weighted by Crippen LogP contribution is 2.18. The molecular formula is C15H19FN4O2S. The number of nitrogens with zero attached hydrogens (tertiary/aromatic N) is 3. The lowest BCUT2D eigenvalue weighted by molar-refractivity contribution is 0.206. The summed E-state index contributed by atoms with van der Waals surface area (Å²) in [5, 5.41) is 12.3. The van der Waals surface area contributed by atoms with E-state index in [-0.39, 0.29) is 18.3 Å². The number of hydrogen-bond donors (Lipinski definition) is 1. The first-order valence-electron chi connectivity index (χ1n) is 7.18. The minimum Gasteiger partial charge on any atom is -0.491 e. The minimum atomic E-state index is -0.434. The zero-order valence-corrected chi connectivity index (χ0v) is 14.1. The van der Waals surface area contributed by atoms with Crippen LogP contribution in [0.3, 0.4) is 0 Å². The summed E-state index contributed by atoms with van der Waals surface area (Å²) in [4.78, 5) is 13.5. The minimum absolute atomic E-state index is 0.214. The summed E-state index contributed by atoms with van der Waals surface area (Å²) >= 11 is 1.45. The van der Waals surface area contributed by atoms with E-state index in [1.54, 1.807) is 26.1 Å². The van der Waals surface area contributed by atoms with E-state index in [1.165, 1.54) is 22.3 Å². The summed E-state index contributed by atoms with van der Waals surface area (Å²) in [5.41, 5.74) is 0.666. The molecule has 2 aromatic rings. The fourth-order valence-electron chi connectivity index (χ4n) is 1.92. The molecule has 2 amide bonds. The van der Waals surface area contributed by atoms with Crippen LogP contribution in [-0.4, -0.2) is 34.8 Å². The first-order chi connectivity index (χ1) is 11.0. The summed E-state index contributed by atoms with van der Waals surface area (Å²) < 4.78 is 18.9. The number of urea groups is 1. The molecule has 0 aliphatic carbocycles. The maximum Gasteiger partial charge on any atom is 0.317 e. The van der Waals surface area contributed by atoms with Crippen LogP contribution in [0.5, 0.6) is 5.75 Å². The monoisotopic (exact) mass is 338 g/mol. The Bertz CT molecular complexity index is 677. The number of ether oxygens (including phenoxy) is 1. The van der Waals surface area contributed by atoms with Gasteiger partial charge in [0, 0.05) is 13.6 Å². The van der Waals surface area contributed by atoms with E-state index < -0.39 is 5.82 Å². The number of aromatic nitrogens is 2. The Hall–Kier alpha value is -2.22. The van der Waals surface area contributed by atoms with Crippen LogP contribution in [0, 0.1) is 12.7 Å². The molecule has 1 N–H and O–H groups in total. The van der Waals surface area contributed by atoms with Crippen molar-refractivity contribution in [3.05, 3.63) is 39.6 Å². The van der Waals surface area contributed by atoms with Crippen molar-refractivity contribution in [2.75, 3.05) is 13.7 Å². The standard InChI is InChI=1S/C15H19FN4O2S/c1-4-22-13-6-5-11(7-12(13)16)8-17-15(21)20(3)9-14-19-18-10(2)23-14/h5-7H,4,8-9H2,1-3H3,(H,17,21). The molecule has 1 aromatic carbocycles. The molecular weight excluding hydrogens is 319 g/mol. The van der Waals surface area contributed by atoms with E-state index >= 15 is 0 Å². The summed E-state index contributed by atoms with van der Waals surface area (Å²) in [6.45, 7) is 4.68. The van der Waals surface area contributed by atoms with Crippen LogP contribution < -0.4 is 10.1 Å². The fraction of sp³-hybridized carbons (Fsp3) is 0.400. The first kappa shape index (κ1) is 17.1. The average molecular weight is 338 g/mol. The number of hydrogen-bond acceptors (Lipinski definition) is 5. The second-order valence-electron chi connectivity index (χ2n) is 4.93. The lowest BCUT2D eigenvalue weighted by Gasteiger charge is -2.16. The van der Waals surface area contributed by atoms with Crippen LogP contribution in [0.1, 0.15) is 22.5 Å². The predicted molar refractivity (Wildman–Crippen MR) is 85.9 cm³/mol.